The summed E-state index contributed by atoms with van der Waals surface area (Å²) in [5, 5.41) is 27.3. The van der Waals surface area contributed by atoms with Crippen LogP contribution in [0.25, 0.3) is 0 Å². The lowest BCUT2D eigenvalue weighted by molar-refractivity contribution is -0.139. The van der Waals surface area contributed by atoms with Gasteiger partial charge in [-0.3, -0.25) is 9.79 Å². The molecule has 198 valence electrons. The molecule has 1 aromatic carbocycles. The van der Waals surface area contributed by atoms with Crippen LogP contribution in [0.4, 0.5) is 4.79 Å². The maximum absolute atomic E-state index is 12.6. The number of guanidine groups is 1. The van der Waals surface area contributed by atoms with Crippen LogP contribution in [0.2, 0.25) is 0 Å². The molecule has 0 fully saturated rings. The van der Waals surface area contributed by atoms with Crippen LogP contribution < -0.4 is 27.8 Å². The van der Waals surface area contributed by atoms with Crippen molar-refractivity contribution in [3.63, 3.8) is 0 Å². The van der Waals surface area contributed by atoms with E-state index in [9.17, 15) is 19.5 Å². The maximum atomic E-state index is 12.6. The number of carboxylic acid groups (broad SMARTS) is 2. The summed E-state index contributed by atoms with van der Waals surface area (Å²) in [7, 11) is 0. The lowest BCUT2D eigenvalue weighted by atomic mass is 10.1. The second-order valence-electron chi connectivity index (χ2n) is 7.73. The molecule has 10 N–H and O–H groups in total. The summed E-state index contributed by atoms with van der Waals surface area (Å²) in [5.41, 5.74) is 17.3. The Morgan fingerprint density at radius 1 is 1.08 bits per heavy atom. The quantitative estimate of drug-likeness (QED) is 0.106. The standard InChI is InChI=1S/C21H30N8O6.CH4/c22-13(7-4-10-25-20(23)24)17-28-18(35-29-17)14(8-9-16(30)31)26-21(34)27-15(19(32)33)11-12-5-2-1-3-6-12;/h1-3,5-6,13-15H,4,7-11,22H2,(H,30,31)(H,32,33)(H4,23,24,25)(H2,26,27,34);1H4/t13-,14-,15-;/m0./s1. The molecule has 3 atom stereocenters. The number of aliphatic imine (C=N–C) groups is 1. The minimum absolute atomic E-state index is 0. The van der Waals surface area contributed by atoms with E-state index < -0.39 is 36.1 Å². The van der Waals surface area contributed by atoms with Crippen LogP contribution in [0.15, 0.2) is 39.8 Å². The second-order valence-corrected chi connectivity index (χ2v) is 7.73. The van der Waals surface area contributed by atoms with Gasteiger partial charge in [0, 0.05) is 19.4 Å². The summed E-state index contributed by atoms with van der Waals surface area (Å²) in [6, 6.07) is 5.17. The number of urea groups is 1. The van der Waals surface area contributed by atoms with Gasteiger partial charge in [0.25, 0.3) is 0 Å². The molecule has 2 rings (SSSR count). The molecule has 14 heteroatoms. The summed E-state index contributed by atoms with van der Waals surface area (Å²) in [5.74, 6) is -2.23. The number of nitrogens with zero attached hydrogens (tertiary/aromatic N) is 3. The zero-order valence-electron chi connectivity index (χ0n) is 19.0. The maximum Gasteiger partial charge on any atom is 0.326 e. The third kappa shape index (κ3) is 10.4. The normalized spacial score (nSPS) is 12.9. The summed E-state index contributed by atoms with van der Waals surface area (Å²) in [6.45, 7) is 0.372. The van der Waals surface area contributed by atoms with E-state index in [-0.39, 0.29) is 44.4 Å². The average molecular weight is 507 g/mol. The van der Waals surface area contributed by atoms with Crippen LogP contribution in [0.3, 0.4) is 0 Å². The number of rotatable bonds is 14. The topological polar surface area (TPSA) is 245 Å². The number of aliphatic carboxylic acids is 2. The third-order valence-electron chi connectivity index (χ3n) is 4.89. The van der Waals surface area contributed by atoms with E-state index >= 15 is 0 Å². The highest BCUT2D eigenvalue weighted by atomic mass is 16.5. The van der Waals surface area contributed by atoms with Crippen LogP contribution in [0.5, 0.6) is 0 Å². The highest BCUT2D eigenvalue weighted by molar-refractivity contribution is 5.83. The Hall–Kier alpha value is -4.20. The van der Waals surface area contributed by atoms with E-state index in [4.69, 9.17) is 26.8 Å². The smallest absolute Gasteiger partial charge is 0.326 e. The minimum atomic E-state index is -1.22. The molecule has 0 radical (unpaired) electrons. The van der Waals surface area contributed by atoms with E-state index in [0.717, 1.165) is 5.56 Å². The van der Waals surface area contributed by atoms with Gasteiger partial charge in [-0.2, -0.15) is 4.98 Å². The first-order chi connectivity index (χ1) is 16.7. The molecule has 36 heavy (non-hydrogen) atoms. The zero-order chi connectivity index (χ0) is 25.8. The van der Waals surface area contributed by atoms with Gasteiger partial charge in [-0.15, -0.1) is 0 Å². The van der Waals surface area contributed by atoms with Crippen molar-refractivity contribution in [2.24, 2.45) is 22.2 Å². The van der Waals surface area contributed by atoms with Crippen molar-refractivity contribution in [3.8, 4) is 0 Å². The molecule has 1 aromatic heterocycles. The Balaban J connectivity index is 0.00000648. The number of hydrogen-bond acceptors (Lipinski definition) is 8. The van der Waals surface area contributed by atoms with Crippen LogP contribution in [0, 0.1) is 0 Å². The van der Waals surface area contributed by atoms with Crippen molar-refractivity contribution in [3.05, 3.63) is 47.6 Å². The molecule has 0 unspecified atom stereocenters. The lowest BCUT2D eigenvalue weighted by Crippen LogP contribution is -2.48. The van der Waals surface area contributed by atoms with Crippen molar-refractivity contribution in [1.82, 2.24) is 20.8 Å². The fraction of sp³-hybridized carbons (Fsp3) is 0.455. The lowest BCUT2D eigenvalue weighted by Gasteiger charge is -2.18. The molecule has 1 heterocycles. The molecular formula is C22H34N8O6. The molecule has 0 bridgehead atoms. The van der Waals surface area contributed by atoms with Gasteiger partial charge in [-0.25, -0.2) is 9.59 Å². The molecule has 0 aliphatic heterocycles. The molecule has 2 amide bonds. The molecule has 0 spiro atoms. The van der Waals surface area contributed by atoms with Gasteiger partial charge in [-0.1, -0.05) is 42.9 Å². The van der Waals surface area contributed by atoms with Gasteiger partial charge in [0.1, 0.15) is 12.1 Å². The fourth-order valence-corrected chi connectivity index (χ4v) is 3.12. The minimum Gasteiger partial charge on any atom is -0.481 e. The molecule has 0 aliphatic rings. The molecule has 14 nitrogen and oxygen atoms in total. The number of carbonyl (C=O) groups excluding carboxylic acids is 1. The molecule has 0 saturated heterocycles. The Morgan fingerprint density at radius 3 is 2.39 bits per heavy atom. The van der Waals surface area contributed by atoms with Crippen molar-refractivity contribution >= 4 is 23.9 Å². The molecule has 0 aliphatic carbocycles. The SMILES string of the molecule is C.NC(N)=NCCC[C@H](N)c1noc([C@H](CCC(=O)O)NC(=O)N[C@@H](Cc2ccccc2)C(=O)O)n1. The van der Waals surface area contributed by atoms with Crippen LogP contribution in [0.1, 0.15) is 62.5 Å². The van der Waals surface area contributed by atoms with E-state index in [1.54, 1.807) is 30.3 Å². The Kier molecular flexibility index (Phi) is 12.4. The molecule has 0 saturated carbocycles. The van der Waals surface area contributed by atoms with Crippen LogP contribution in [-0.2, 0) is 16.0 Å². The van der Waals surface area contributed by atoms with E-state index in [2.05, 4.69) is 25.8 Å². The summed E-state index contributed by atoms with van der Waals surface area (Å²) in [4.78, 5) is 43.3. The predicted molar refractivity (Wildman–Crippen MR) is 131 cm³/mol. The van der Waals surface area contributed by atoms with E-state index in [0.29, 0.717) is 19.4 Å². The Morgan fingerprint density at radius 2 is 1.78 bits per heavy atom. The highest BCUT2D eigenvalue weighted by Crippen LogP contribution is 2.20. The van der Waals surface area contributed by atoms with Gasteiger partial charge in [0.15, 0.2) is 11.8 Å². The van der Waals surface area contributed by atoms with Crippen molar-refractivity contribution in [2.75, 3.05) is 6.54 Å². The first-order valence-electron chi connectivity index (χ1n) is 10.9. The average Bonchev–Trinajstić information content (AvgIpc) is 3.29. The molecule has 2 aromatic rings. The van der Waals surface area contributed by atoms with Gasteiger partial charge >= 0.3 is 18.0 Å². The number of carboxylic acids is 2. The van der Waals surface area contributed by atoms with Gasteiger partial charge in [0.2, 0.25) is 5.89 Å². The van der Waals surface area contributed by atoms with Crippen LogP contribution >= 0.6 is 0 Å². The Bertz CT molecular complexity index is 1010. The highest BCUT2D eigenvalue weighted by Gasteiger charge is 2.26. The first kappa shape index (κ1) is 29.8. The first-order valence-corrected chi connectivity index (χ1v) is 10.9. The second kappa shape index (κ2) is 14.9. The third-order valence-corrected chi connectivity index (χ3v) is 4.89. The van der Waals surface area contributed by atoms with Gasteiger partial charge < -0.3 is 42.6 Å². The van der Waals surface area contributed by atoms with Gasteiger partial charge in [-0.05, 0) is 24.8 Å². The summed E-state index contributed by atoms with van der Waals surface area (Å²) < 4.78 is 5.21. The van der Waals surface area contributed by atoms with E-state index in [1.807, 2.05) is 0 Å². The number of nitrogens with two attached hydrogens (primary N) is 3. The fourth-order valence-electron chi connectivity index (χ4n) is 3.12. The monoisotopic (exact) mass is 506 g/mol. The number of hydrogen-bond donors (Lipinski definition) is 7. The van der Waals surface area contributed by atoms with E-state index in [1.165, 1.54) is 0 Å². The largest absolute Gasteiger partial charge is 0.481 e. The van der Waals surface area contributed by atoms with Crippen LogP contribution in [-0.4, -0.2) is 56.9 Å². The number of carbonyl (C=O) groups is 3. The Labute approximate surface area is 208 Å². The van der Waals surface area contributed by atoms with Crippen molar-refractivity contribution in [2.45, 2.75) is 57.7 Å². The predicted octanol–water partition coefficient (Wildman–Crippen LogP) is 0.660. The number of aromatic nitrogens is 2. The number of benzene rings is 1. The number of amides is 2. The summed E-state index contributed by atoms with van der Waals surface area (Å²) in [6.07, 6.45) is 0.691. The number of nitrogens with one attached hydrogen (secondary N) is 2. The summed E-state index contributed by atoms with van der Waals surface area (Å²) >= 11 is 0. The van der Waals surface area contributed by atoms with Crippen molar-refractivity contribution < 1.29 is 29.1 Å². The van der Waals surface area contributed by atoms with Gasteiger partial charge in [0.05, 0.1) is 6.04 Å². The van der Waals surface area contributed by atoms with Crippen molar-refractivity contribution in [1.29, 1.82) is 0 Å². The zero-order valence-corrected chi connectivity index (χ0v) is 19.0. The molecular weight excluding hydrogens is 472 g/mol.